The van der Waals surface area contributed by atoms with Gasteiger partial charge in [0, 0.05) is 36.4 Å². The zero-order valence-electron chi connectivity index (χ0n) is 11.7. The standard InChI is InChI=1S/C15H14ClFN4/c1-9-10(8-20-21(9)2)7-19-13-4-3-11-12(16)5-6-18-15(11)14(13)17/h3-6,8,19H,7H2,1-2H3. The van der Waals surface area contributed by atoms with Gasteiger partial charge < -0.3 is 5.32 Å². The number of anilines is 1. The van der Waals surface area contributed by atoms with Gasteiger partial charge in [-0.05, 0) is 25.1 Å². The number of hydrogen-bond donors (Lipinski definition) is 1. The second-order valence-electron chi connectivity index (χ2n) is 4.85. The monoisotopic (exact) mass is 304 g/mol. The smallest absolute Gasteiger partial charge is 0.172 e. The summed E-state index contributed by atoms with van der Waals surface area (Å²) >= 11 is 6.04. The third-order valence-electron chi connectivity index (χ3n) is 3.60. The molecular weight excluding hydrogens is 291 g/mol. The first-order valence-corrected chi connectivity index (χ1v) is 6.90. The van der Waals surface area contributed by atoms with Gasteiger partial charge in [-0.2, -0.15) is 5.10 Å². The number of rotatable bonds is 3. The van der Waals surface area contributed by atoms with E-state index in [0.29, 0.717) is 22.6 Å². The van der Waals surface area contributed by atoms with Crippen molar-refractivity contribution in [1.82, 2.24) is 14.8 Å². The van der Waals surface area contributed by atoms with Gasteiger partial charge in [0.1, 0.15) is 5.52 Å². The van der Waals surface area contributed by atoms with Gasteiger partial charge in [-0.15, -0.1) is 0 Å². The summed E-state index contributed by atoms with van der Waals surface area (Å²) in [5.41, 5.74) is 2.75. The Morgan fingerprint density at radius 3 is 2.86 bits per heavy atom. The number of halogens is 2. The molecule has 0 bridgehead atoms. The Morgan fingerprint density at radius 1 is 1.33 bits per heavy atom. The Kier molecular flexibility index (Phi) is 3.51. The molecule has 1 N–H and O–H groups in total. The molecule has 3 rings (SSSR count). The first-order chi connectivity index (χ1) is 10.1. The molecule has 0 unspecified atom stereocenters. The second-order valence-corrected chi connectivity index (χ2v) is 5.26. The molecular formula is C15H14ClFN4. The first kappa shape index (κ1) is 13.8. The van der Waals surface area contributed by atoms with E-state index in [0.717, 1.165) is 11.3 Å². The fraction of sp³-hybridized carbons (Fsp3) is 0.200. The van der Waals surface area contributed by atoms with Gasteiger partial charge >= 0.3 is 0 Å². The molecule has 0 amide bonds. The van der Waals surface area contributed by atoms with E-state index in [1.165, 1.54) is 6.20 Å². The Balaban J connectivity index is 1.91. The van der Waals surface area contributed by atoms with Gasteiger partial charge in [0.05, 0.1) is 16.9 Å². The van der Waals surface area contributed by atoms with E-state index in [1.54, 1.807) is 29.1 Å². The predicted molar refractivity (Wildman–Crippen MR) is 82.0 cm³/mol. The minimum absolute atomic E-state index is 0.274. The predicted octanol–water partition coefficient (Wildman–Crippen LogP) is 3.68. The quantitative estimate of drug-likeness (QED) is 0.802. The van der Waals surface area contributed by atoms with Crippen LogP contribution in [-0.2, 0) is 13.6 Å². The molecule has 2 heterocycles. The highest BCUT2D eigenvalue weighted by Gasteiger charge is 2.11. The summed E-state index contributed by atoms with van der Waals surface area (Å²) < 4.78 is 16.2. The maximum atomic E-state index is 14.5. The summed E-state index contributed by atoms with van der Waals surface area (Å²) in [5.74, 6) is -0.392. The van der Waals surface area contributed by atoms with Crippen LogP contribution in [0.15, 0.2) is 30.6 Å². The van der Waals surface area contributed by atoms with E-state index in [2.05, 4.69) is 15.4 Å². The maximum Gasteiger partial charge on any atom is 0.172 e. The third kappa shape index (κ3) is 2.45. The molecule has 0 fully saturated rings. The molecule has 0 atom stereocenters. The Hall–Kier alpha value is -2.14. The molecule has 6 heteroatoms. The van der Waals surface area contributed by atoms with E-state index in [4.69, 9.17) is 11.6 Å². The van der Waals surface area contributed by atoms with Gasteiger partial charge in [0.15, 0.2) is 5.82 Å². The van der Waals surface area contributed by atoms with Crippen molar-refractivity contribution < 1.29 is 4.39 Å². The average Bonchev–Trinajstić information content (AvgIpc) is 2.79. The fourth-order valence-electron chi connectivity index (χ4n) is 2.20. The number of hydrogen-bond acceptors (Lipinski definition) is 3. The molecule has 4 nitrogen and oxygen atoms in total. The van der Waals surface area contributed by atoms with Crippen molar-refractivity contribution >= 4 is 28.2 Å². The molecule has 21 heavy (non-hydrogen) atoms. The minimum Gasteiger partial charge on any atom is -0.378 e. The van der Waals surface area contributed by atoms with Crippen molar-refractivity contribution in [3.05, 3.63) is 52.7 Å². The molecule has 0 aliphatic rings. The highest BCUT2D eigenvalue weighted by atomic mass is 35.5. The molecule has 0 saturated carbocycles. The van der Waals surface area contributed by atoms with Crippen molar-refractivity contribution in [1.29, 1.82) is 0 Å². The topological polar surface area (TPSA) is 42.7 Å². The number of fused-ring (bicyclic) bond motifs is 1. The molecule has 0 spiro atoms. The van der Waals surface area contributed by atoms with Gasteiger partial charge in [-0.3, -0.25) is 9.67 Å². The first-order valence-electron chi connectivity index (χ1n) is 6.52. The normalized spacial score (nSPS) is 11.0. The lowest BCUT2D eigenvalue weighted by Gasteiger charge is -2.09. The van der Waals surface area contributed by atoms with Crippen LogP contribution in [0.3, 0.4) is 0 Å². The van der Waals surface area contributed by atoms with Crippen LogP contribution in [0.25, 0.3) is 10.9 Å². The summed E-state index contributed by atoms with van der Waals surface area (Å²) in [5, 5.41) is 8.35. The fourth-order valence-corrected chi connectivity index (χ4v) is 2.40. The lowest BCUT2D eigenvalue weighted by molar-refractivity contribution is 0.639. The molecule has 0 saturated heterocycles. The third-order valence-corrected chi connectivity index (χ3v) is 3.93. The van der Waals surface area contributed by atoms with Crippen LogP contribution >= 0.6 is 11.6 Å². The minimum atomic E-state index is -0.392. The summed E-state index contributed by atoms with van der Waals surface area (Å²) in [6.45, 7) is 2.48. The van der Waals surface area contributed by atoms with Gasteiger partial charge in [-0.1, -0.05) is 11.6 Å². The molecule has 3 aromatic rings. The van der Waals surface area contributed by atoms with Crippen LogP contribution in [-0.4, -0.2) is 14.8 Å². The Morgan fingerprint density at radius 2 is 2.14 bits per heavy atom. The van der Waals surface area contributed by atoms with Crippen LogP contribution in [0.2, 0.25) is 5.02 Å². The number of nitrogens with zero attached hydrogens (tertiary/aromatic N) is 3. The van der Waals surface area contributed by atoms with Crippen molar-refractivity contribution in [2.24, 2.45) is 7.05 Å². The number of benzene rings is 1. The van der Waals surface area contributed by atoms with Gasteiger partial charge in [0.2, 0.25) is 0 Å². The van der Waals surface area contributed by atoms with Crippen molar-refractivity contribution in [3.63, 3.8) is 0 Å². The van der Waals surface area contributed by atoms with Crippen molar-refractivity contribution in [3.8, 4) is 0 Å². The number of nitrogens with one attached hydrogen (secondary N) is 1. The molecule has 0 aliphatic carbocycles. The molecule has 108 valence electrons. The number of aryl methyl sites for hydroxylation is 1. The average molecular weight is 305 g/mol. The van der Waals surface area contributed by atoms with Crippen LogP contribution < -0.4 is 5.32 Å². The Bertz CT molecular complexity index is 813. The lowest BCUT2D eigenvalue weighted by atomic mass is 10.2. The SMILES string of the molecule is Cc1c(CNc2ccc3c(Cl)ccnc3c2F)cnn1C. The van der Waals surface area contributed by atoms with E-state index in [9.17, 15) is 4.39 Å². The van der Waals surface area contributed by atoms with Crippen LogP contribution in [0, 0.1) is 12.7 Å². The summed E-state index contributed by atoms with van der Waals surface area (Å²) in [4.78, 5) is 4.06. The molecule has 2 aromatic heterocycles. The van der Waals surface area contributed by atoms with E-state index < -0.39 is 5.82 Å². The van der Waals surface area contributed by atoms with E-state index >= 15 is 0 Å². The number of aromatic nitrogens is 3. The summed E-state index contributed by atoms with van der Waals surface area (Å²) in [7, 11) is 1.88. The van der Waals surface area contributed by atoms with E-state index in [-0.39, 0.29) is 5.52 Å². The van der Waals surface area contributed by atoms with Crippen LogP contribution in [0.4, 0.5) is 10.1 Å². The highest BCUT2D eigenvalue weighted by Crippen LogP contribution is 2.28. The van der Waals surface area contributed by atoms with Crippen LogP contribution in [0.1, 0.15) is 11.3 Å². The molecule has 0 aliphatic heterocycles. The van der Waals surface area contributed by atoms with Crippen molar-refractivity contribution in [2.75, 3.05) is 5.32 Å². The lowest BCUT2D eigenvalue weighted by Crippen LogP contribution is -2.03. The second kappa shape index (κ2) is 5.33. The molecule has 0 radical (unpaired) electrons. The largest absolute Gasteiger partial charge is 0.378 e. The zero-order chi connectivity index (χ0) is 15.0. The van der Waals surface area contributed by atoms with E-state index in [1.807, 2.05) is 14.0 Å². The van der Waals surface area contributed by atoms with Crippen molar-refractivity contribution in [2.45, 2.75) is 13.5 Å². The van der Waals surface area contributed by atoms with Crippen LogP contribution in [0.5, 0.6) is 0 Å². The summed E-state index contributed by atoms with van der Waals surface area (Å²) in [6.07, 6.45) is 3.28. The summed E-state index contributed by atoms with van der Waals surface area (Å²) in [6, 6.07) is 5.10. The molecule has 1 aromatic carbocycles. The van der Waals surface area contributed by atoms with Gasteiger partial charge in [-0.25, -0.2) is 4.39 Å². The Labute approximate surface area is 126 Å². The highest BCUT2D eigenvalue weighted by molar-refractivity contribution is 6.35. The zero-order valence-corrected chi connectivity index (χ0v) is 12.4. The number of pyridine rings is 1. The maximum absolute atomic E-state index is 14.5. The van der Waals surface area contributed by atoms with Gasteiger partial charge in [0.25, 0.3) is 0 Å².